The fourth-order valence-corrected chi connectivity index (χ4v) is 4.23. The van der Waals surface area contributed by atoms with Crippen molar-refractivity contribution in [3.05, 3.63) is 23.8 Å². The molecule has 0 spiro atoms. The summed E-state index contributed by atoms with van der Waals surface area (Å²) in [5.41, 5.74) is 0.334. The molecule has 0 bridgehead atoms. The van der Waals surface area contributed by atoms with Gasteiger partial charge in [0.1, 0.15) is 11.5 Å². The van der Waals surface area contributed by atoms with E-state index >= 15 is 0 Å². The van der Waals surface area contributed by atoms with Crippen molar-refractivity contribution in [3.8, 4) is 11.5 Å². The van der Waals surface area contributed by atoms with Gasteiger partial charge < -0.3 is 10.2 Å². The lowest BCUT2D eigenvalue weighted by atomic mass is 10.0. The van der Waals surface area contributed by atoms with Crippen LogP contribution in [0.4, 0.5) is 0 Å². The molecule has 3 N–H and O–H groups in total. The normalized spacial score (nSPS) is 13.0. The lowest BCUT2D eigenvalue weighted by Crippen LogP contribution is -2.23. The Hall–Kier alpha value is -1.27. The second-order valence-electron chi connectivity index (χ2n) is 7.48. The summed E-state index contributed by atoms with van der Waals surface area (Å²) in [6.45, 7) is 2.22. The molecule has 1 atom stereocenters. The second kappa shape index (κ2) is 13.0. The van der Waals surface area contributed by atoms with Crippen LogP contribution in [-0.4, -0.2) is 28.4 Å². The zero-order valence-electron chi connectivity index (χ0n) is 16.6. The lowest BCUT2D eigenvalue weighted by Gasteiger charge is -2.15. The molecule has 1 rings (SSSR count). The van der Waals surface area contributed by atoms with Crippen molar-refractivity contribution in [2.45, 2.75) is 95.6 Å². The smallest absolute Gasteiger partial charge is 0.268 e. The summed E-state index contributed by atoms with van der Waals surface area (Å²) < 4.78 is 32.8. The zero-order valence-corrected chi connectivity index (χ0v) is 17.4. The molecule has 1 aromatic rings. The van der Waals surface area contributed by atoms with Gasteiger partial charge in [0.15, 0.2) is 0 Å². The Kier molecular flexibility index (Phi) is 11.4. The standard InChI is InChI=1S/C21H36O5S/c1-2-3-4-5-6-7-8-9-10-11-12-13-20(27(24,25)26)17-18-16-19(22)14-15-21(18)23/h14-16,20,22-23H,2-13,17H2,1H3,(H,24,25,26). The summed E-state index contributed by atoms with van der Waals surface area (Å²) in [5.74, 6) is -0.105. The van der Waals surface area contributed by atoms with Crippen LogP contribution in [0.25, 0.3) is 0 Å². The molecule has 0 aromatic heterocycles. The van der Waals surface area contributed by atoms with E-state index in [0.717, 1.165) is 25.7 Å². The summed E-state index contributed by atoms with van der Waals surface area (Å²) in [7, 11) is -4.20. The van der Waals surface area contributed by atoms with Gasteiger partial charge in [-0.05, 0) is 36.6 Å². The van der Waals surface area contributed by atoms with Crippen molar-refractivity contribution >= 4 is 10.1 Å². The number of unbranched alkanes of at least 4 members (excludes halogenated alkanes) is 10. The second-order valence-corrected chi connectivity index (χ2v) is 9.17. The van der Waals surface area contributed by atoms with Crippen molar-refractivity contribution in [3.63, 3.8) is 0 Å². The molecule has 0 heterocycles. The zero-order chi connectivity index (χ0) is 20.1. The van der Waals surface area contributed by atoms with Crippen molar-refractivity contribution in [2.75, 3.05) is 0 Å². The average molecular weight is 401 g/mol. The van der Waals surface area contributed by atoms with Gasteiger partial charge in [-0.25, -0.2) is 0 Å². The Labute approximate surface area is 164 Å². The Morgan fingerprint density at radius 1 is 0.852 bits per heavy atom. The molecule has 27 heavy (non-hydrogen) atoms. The van der Waals surface area contributed by atoms with Gasteiger partial charge in [0.05, 0.1) is 5.25 Å². The Bertz CT molecular complexity index is 627. The first-order valence-corrected chi connectivity index (χ1v) is 11.8. The van der Waals surface area contributed by atoms with Crippen LogP contribution < -0.4 is 0 Å². The Morgan fingerprint density at radius 3 is 1.89 bits per heavy atom. The summed E-state index contributed by atoms with van der Waals surface area (Å²) in [6.07, 6.45) is 13.3. The highest BCUT2D eigenvalue weighted by Crippen LogP contribution is 2.26. The molecule has 156 valence electrons. The SMILES string of the molecule is CCCCCCCCCCCCCC(Cc1cc(O)ccc1O)S(=O)(=O)O. The molecule has 1 unspecified atom stereocenters. The molecule has 0 fully saturated rings. The minimum absolute atomic E-state index is 0.00315. The van der Waals surface area contributed by atoms with Crippen LogP contribution in [-0.2, 0) is 16.5 Å². The molecule has 0 aliphatic carbocycles. The molecular formula is C21H36O5S. The maximum Gasteiger partial charge on any atom is 0.268 e. The molecule has 1 aromatic carbocycles. The van der Waals surface area contributed by atoms with Gasteiger partial charge in [-0.15, -0.1) is 0 Å². The van der Waals surface area contributed by atoms with E-state index in [1.807, 2.05) is 0 Å². The molecular weight excluding hydrogens is 364 g/mol. The largest absolute Gasteiger partial charge is 0.508 e. The summed E-state index contributed by atoms with van der Waals surface area (Å²) in [6, 6.07) is 4.01. The highest BCUT2D eigenvalue weighted by molar-refractivity contribution is 7.86. The Morgan fingerprint density at radius 2 is 1.37 bits per heavy atom. The molecule has 0 aliphatic heterocycles. The molecule has 0 aliphatic rings. The van der Waals surface area contributed by atoms with E-state index in [2.05, 4.69) is 6.92 Å². The van der Waals surface area contributed by atoms with Gasteiger partial charge in [0.2, 0.25) is 0 Å². The number of rotatable bonds is 15. The van der Waals surface area contributed by atoms with Crippen LogP contribution in [0.2, 0.25) is 0 Å². The topological polar surface area (TPSA) is 94.8 Å². The molecule has 5 nitrogen and oxygen atoms in total. The van der Waals surface area contributed by atoms with Gasteiger partial charge >= 0.3 is 0 Å². The van der Waals surface area contributed by atoms with Crippen molar-refractivity contribution in [1.29, 1.82) is 0 Å². The minimum atomic E-state index is -4.20. The molecule has 0 saturated heterocycles. The van der Waals surface area contributed by atoms with E-state index in [9.17, 15) is 23.2 Å². The maximum absolute atomic E-state index is 11.7. The monoisotopic (exact) mass is 400 g/mol. The van der Waals surface area contributed by atoms with Crippen molar-refractivity contribution in [1.82, 2.24) is 0 Å². The quantitative estimate of drug-likeness (QED) is 0.202. The highest BCUT2D eigenvalue weighted by atomic mass is 32.2. The maximum atomic E-state index is 11.7. The van der Waals surface area contributed by atoms with E-state index in [1.165, 1.54) is 63.1 Å². The van der Waals surface area contributed by atoms with Crippen LogP contribution in [0, 0.1) is 0 Å². The van der Waals surface area contributed by atoms with Crippen LogP contribution in [0.3, 0.4) is 0 Å². The van der Waals surface area contributed by atoms with Gasteiger partial charge in [-0.3, -0.25) is 4.55 Å². The molecule has 0 amide bonds. The number of aromatic hydroxyl groups is 2. The van der Waals surface area contributed by atoms with Gasteiger partial charge in [-0.1, -0.05) is 77.6 Å². The summed E-state index contributed by atoms with van der Waals surface area (Å²) in [5, 5.41) is 18.4. The van der Waals surface area contributed by atoms with Gasteiger partial charge in [0.25, 0.3) is 10.1 Å². The molecule has 0 radical (unpaired) electrons. The van der Waals surface area contributed by atoms with Crippen LogP contribution in [0.1, 0.15) is 89.5 Å². The fraction of sp³-hybridized carbons (Fsp3) is 0.714. The van der Waals surface area contributed by atoms with E-state index < -0.39 is 15.4 Å². The number of benzene rings is 1. The minimum Gasteiger partial charge on any atom is -0.508 e. The van der Waals surface area contributed by atoms with Gasteiger partial charge in [-0.2, -0.15) is 8.42 Å². The Balaban J connectivity index is 2.27. The molecule has 6 heteroatoms. The first kappa shape index (κ1) is 23.8. The van der Waals surface area contributed by atoms with Crippen molar-refractivity contribution in [2.24, 2.45) is 0 Å². The van der Waals surface area contributed by atoms with E-state index in [4.69, 9.17) is 0 Å². The third-order valence-corrected chi connectivity index (χ3v) is 6.31. The summed E-state index contributed by atoms with van der Waals surface area (Å²) >= 11 is 0. The third-order valence-electron chi connectivity index (χ3n) is 5.06. The van der Waals surface area contributed by atoms with E-state index in [1.54, 1.807) is 0 Å². The highest BCUT2D eigenvalue weighted by Gasteiger charge is 2.24. The van der Waals surface area contributed by atoms with Gasteiger partial charge in [0, 0.05) is 0 Å². The predicted octanol–water partition coefficient (Wildman–Crippen LogP) is 5.60. The third kappa shape index (κ3) is 10.6. The van der Waals surface area contributed by atoms with Crippen LogP contribution in [0.15, 0.2) is 18.2 Å². The first-order chi connectivity index (χ1) is 12.8. The van der Waals surface area contributed by atoms with Crippen LogP contribution >= 0.6 is 0 Å². The van der Waals surface area contributed by atoms with E-state index in [0.29, 0.717) is 12.0 Å². The predicted molar refractivity (Wildman–Crippen MR) is 110 cm³/mol. The number of phenols is 2. The molecule has 0 saturated carbocycles. The lowest BCUT2D eigenvalue weighted by molar-refractivity contribution is 0.441. The fourth-order valence-electron chi connectivity index (χ4n) is 3.37. The first-order valence-electron chi connectivity index (χ1n) is 10.3. The number of hydrogen-bond acceptors (Lipinski definition) is 4. The number of hydrogen-bond donors (Lipinski definition) is 3. The average Bonchev–Trinajstić information content (AvgIpc) is 2.60. The van der Waals surface area contributed by atoms with Crippen LogP contribution in [0.5, 0.6) is 11.5 Å². The summed E-state index contributed by atoms with van der Waals surface area (Å²) in [4.78, 5) is 0. The number of phenolic OH excluding ortho intramolecular Hbond substituents is 2. The van der Waals surface area contributed by atoms with Crippen molar-refractivity contribution < 1.29 is 23.2 Å². The van der Waals surface area contributed by atoms with E-state index in [-0.39, 0.29) is 17.9 Å².